The van der Waals surface area contributed by atoms with Crippen molar-refractivity contribution in [2.75, 3.05) is 6.54 Å². The van der Waals surface area contributed by atoms with E-state index in [0.717, 1.165) is 29.9 Å². The lowest BCUT2D eigenvalue weighted by Crippen LogP contribution is -2.30. The Morgan fingerprint density at radius 3 is 2.75 bits per heavy atom. The van der Waals surface area contributed by atoms with Crippen LogP contribution in [0.2, 0.25) is 0 Å². The molecule has 1 fully saturated rings. The van der Waals surface area contributed by atoms with Crippen molar-refractivity contribution < 1.29 is 18.4 Å². The highest BCUT2D eigenvalue weighted by Crippen LogP contribution is 2.35. The summed E-state index contributed by atoms with van der Waals surface area (Å²) in [6.45, 7) is 0.681. The van der Waals surface area contributed by atoms with Crippen LogP contribution < -0.4 is 0 Å². The Balaban J connectivity index is 1.61. The van der Waals surface area contributed by atoms with Gasteiger partial charge in [0.15, 0.2) is 5.78 Å². The number of thiophene rings is 1. The number of hydrogen-bond donors (Lipinski definition) is 0. The van der Waals surface area contributed by atoms with Crippen LogP contribution in [0.25, 0.3) is 0 Å². The van der Waals surface area contributed by atoms with Crippen LogP contribution in [-0.2, 0) is 4.79 Å². The number of ketones is 1. The molecule has 1 amide bonds. The third kappa shape index (κ3) is 3.53. The van der Waals surface area contributed by atoms with Crippen LogP contribution in [0, 0.1) is 11.6 Å². The maximum atomic E-state index is 13.6. The zero-order valence-electron chi connectivity index (χ0n) is 13.0. The lowest BCUT2D eigenvalue weighted by molar-refractivity contribution is -0.132. The van der Waals surface area contributed by atoms with Crippen molar-refractivity contribution in [3.63, 3.8) is 0 Å². The van der Waals surface area contributed by atoms with E-state index < -0.39 is 17.4 Å². The zero-order chi connectivity index (χ0) is 17.1. The average Bonchev–Trinajstić information content (AvgIpc) is 3.22. The fourth-order valence-corrected chi connectivity index (χ4v) is 3.93. The predicted molar refractivity (Wildman–Crippen MR) is 87.9 cm³/mol. The highest BCUT2D eigenvalue weighted by Gasteiger charge is 2.30. The van der Waals surface area contributed by atoms with Gasteiger partial charge in [-0.05, 0) is 36.4 Å². The van der Waals surface area contributed by atoms with Gasteiger partial charge >= 0.3 is 0 Å². The van der Waals surface area contributed by atoms with Gasteiger partial charge in [-0.3, -0.25) is 9.59 Å². The van der Waals surface area contributed by atoms with Crippen molar-refractivity contribution in [1.29, 1.82) is 0 Å². The van der Waals surface area contributed by atoms with Crippen LogP contribution in [0.4, 0.5) is 8.78 Å². The van der Waals surface area contributed by atoms with Crippen LogP contribution in [-0.4, -0.2) is 23.1 Å². The summed E-state index contributed by atoms with van der Waals surface area (Å²) in [5.41, 5.74) is -0.166. The molecule has 0 radical (unpaired) electrons. The molecule has 1 saturated heterocycles. The second kappa shape index (κ2) is 7.21. The van der Waals surface area contributed by atoms with Gasteiger partial charge in [-0.1, -0.05) is 6.07 Å². The molecule has 0 saturated carbocycles. The van der Waals surface area contributed by atoms with Gasteiger partial charge < -0.3 is 4.90 Å². The Bertz CT molecular complexity index is 745. The van der Waals surface area contributed by atoms with E-state index >= 15 is 0 Å². The van der Waals surface area contributed by atoms with Gasteiger partial charge in [0, 0.05) is 30.3 Å². The molecular formula is C18H17F2NO2S. The number of benzene rings is 1. The summed E-state index contributed by atoms with van der Waals surface area (Å²) in [7, 11) is 0. The molecule has 2 heterocycles. The van der Waals surface area contributed by atoms with E-state index in [1.807, 2.05) is 17.5 Å². The number of carbonyl (C=O) groups excluding carboxylic acids is 2. The van der Waals surface area contributed by atoms with E-state index in [0.29, 0.717) is 12.6 Å². The third-order valence-corrected chi connectivity index (χ3v) is 5.22. The standard InChI is InChI=1S/C18H17F2NO2S/c19-12-5-6-13(14(20)11-12)16(22)7-8-18(23)21-9-1-3-15(21)17-4-2-10-24-17/h2,4-6,10-11,15H,1,3,7-9H2/t15-/m1/s1. The zero-order valence-corrected chi connectivity index (χ0v) is 13.8. The van der Waals surface area contributed by atoms with Crippen molar-refractivity contribution in [1.82, 2.24) is 4.90 Å². The van der Waals surface area contributed by atoms with E-state index in [1.165, 1.54) is 0 Å². The molecule has 2 aromatic rings. The van der Waals surface area contributed by atoms with Crippen molar-refractivity contribution >= 4 is 23.0 Å². The summed E-state index contributed by atoms with van der Waals surface area (Å²) in [4.78, 5) is 27.5. The van der Waals surface area contributed by atoms with Crippen LogP contribution in [0.1, 0.15) is 47.0 Å². The molecule has 6 heteroatoms. The number of nitrogens with zero attached hydrogens (tertiary/aromatic N) is 1. The summed E-state index contributed by atoms with van der Waals surface area (Å²) < 4.78 is 26.5. The van der Waals surface area contributed by atoms with Gasteiger partial charge in [0.1, 0.15) is 11.6 Å². The molecule has 0 bridgehead atoms. The first kappa shape index (κ1) is 16.8. The molecule has 0 N–H and O–H groups in total. The van der Waals surface area contributed by atoms with Crippen LogP contribution in [0.15, 0.2) is 35.7 Å². The molecule has 0 spiro atoms. The molecule has 126 valence electrons. The summed E-state index contributed by atoms with van der Waals surface area (Å²) in [6, 6.07) is 6.91. The second-order valence-electron chi connectivity index (χ2n) is 5.81. The topological polar surface area (TPSA) is 37.4 Å². The highest BCUT2D eigenvalue weighted by atomic mass is 32.1. The van der Waals surface area contributed by atoms with Gasteiger partial charge in [-0.15, -0.1) is 11.3 Å². The molecule has 0 aliphatic carbocycles. The molecule has 0 unspecified atom stereocenters. The normalized spacial score (nSPS) is 17.2. The van der Waals surface area contributed by atoms with E-state index in [4.69, 9.17) is 0 Å². The third-order valence-electron chi connectivity index (χ3n) is 4.24. The van der Waals surface area contributed by atoms with Gasteiger partial charge in [0.25, 0.3) is 0 Å². The lowest BCUT2D eigenvalue weighted by Gasteiger charge is -2.23. The SMILES string of the molecule is O=C(CCC(=O)N1CCC[C@@H]1c1cccs1)c1ccc(F)cc1F. The van der Waals surface area contributed by atoms with Crippen LogP contribution in [0.3, 0.4) is 0 Å². The summed E-state index contributed by atoms with van der Waals surface area (Å²) >= 11 is 1.62. The van der Waals surface area contributed by atoms with Gasteiger partial charge in [0.2, 0.25) is 5.91 Å². The number of amides is 1. The minimum atomic E-state index is -0.884. The first-order valence-corrected chi connectivity index (χ1v) is 8.75. The van der Waals surface area contributed by atoms with Gasteiger partial charge in [0.05, 0.1) is 11.6 Å². The first-order chi connectivity index (χ1) is 11.6. The Kier molecular flexibility index (Phi) is 5.04. The quantitative estimate of drug-likeness (QED) is 0.753. The Morgan fingerprint density at radius 2 is 2.04 bits per heavy atom. The minimum absolute atomic E-state index is 0.0392. The summed E-state index contributed by atoms with van der Waals surface area (Å²) in [5, 5.41) is 1.98. The van der Waals surface area contributed by atoms with Gasteiger partial charge in [-0.2, -0.15) is 0 Å². The number of carbonyl (C=O) groups is 2. The lowest BCUT2D eigenvalue weighted by atomic mass is 10.1. The Labute approximate surface area is 142 Å². The molecule has 3 nitrogen and oxygen atoms in total. The van der Waals surface area contributed by atoms with E-state index in [-0.39, 0.29) is 30.4 Å². The molecule has 1 aliphatic heterocycles. The largest absolute Gasteiger partial charge is 0.335 e. The average molecular weight is 349 g/mol. The van der Waals surface area contributed by atoms with Crippen molar-refractivity contribution in [2.45, 2.75) is 31.7 Å². The van der Waals surface area contributed by atoms with Crippen molar-refractivity contribution in [3.05, 3.63) is 57.8 Å². The maximum Gasteiger partial charge on any atom is 0.223 e. The van der Waals surface area contributed by atoms with E-state index in [1.54, 1.807) is 16.2 Å². The molecule has 1 aromatic carbocycles. The molecular weight excluding hydrogens is 332 g/mol. The number of Topliss-reactive ketones (excluding diaryl/α,β-unsaturated/α-hetero) is 1. The second-order valence-corrected chi connectivity index (χ2v) is 6.79. The van der Waals surface area contributed by atoms with Crippen LogP contribution >= 0.6 is 11.3 Å². The minimum Gasteiger partial charge on any atom is -0.335 e. The predicted octanol–water partition coefficient (Wildman–Crippen LogP) is 4.35. The number of likely N-dealkylation sites (tertiary alicyclic amines) is 1. The Hall–Kier alpha value is -2.08. The number of hydrogen-bond acceptors (Lipinski definition) is 3. The first-order valence-electron chi connectivity index (χ1n) is 7.87. The number of halogens is 2. The maximum absolute atomic E-state index is 13.6. The monoisotopic (exact) mass is 349 g/mol. The van der Waals surface area contributed by atoms with Crippen molar-refractivity contribution in [2.24, 2.45) is 0 Å². The molecule has 3 rings (SSSR count). The number of rotatable bonds is 5. The van der Waals surface area contributed by atoms with Crippen molar-refractivity contribution in [3.8, 4) is 0 Å². The highest BCUT2D eigenvalue weighted by molar-refractivity contribution is 7.10. The smallest absolute Gasteiger partial charge is 0.223 e. The Morgan fingerprint density at radius 1 is 1.21 bits per heavy atom. The summed E-state index contributed by atoms with van der Waals surface area (Å²) in [5.74, 6) is -2.18. The molecule has 1 atom stereocenters. The molecule has 1 aromatic heterocycles. The fourth-order valence-electron chi connectivity index (χ4n) is 3.06. The summed E-state index contributed by atoms with van der Waals surface area (Å²) in [6.07, 6.45) is 1.83. The molecule has 24 heavy (non-hydrogen) atoms. The van der Waals surface area contributed by atoms with E-state index in [2.05, 4.69) is 0 Å². The molecule has 1 aliphatic rings. The van der Waals surface area contributed by atoms with E-state index in [9.17, 15) is 18.4 Å². The van der Waals surface area contributed by atoms with Gasteiger partial charge in [-0.25, -0.2) is 8.78 Å². The van der Waals surface area contributed by atoms with Crippen LogP contribution in [0.5, 0.6) is 0 Å². The fraction of sp³-hybridized carbons (Fsp3) is 0.333.